The van der Waals surface area contributed by atoms with Crippen molar-refractivity contribution < 1.29 is 24.6 Å². The number of carbonyl (C=O) groups excluding carboxylic acids is 2. The molecule has 0 saturated carbocycles. The lowest BCUT2D eigenvalue weighted by Crippen LogP contribution is -2.20. The Morgan fingerprint density at radius 3 is 2.00 bits per heavy atom. The van der Waals surface area contributed by atoms with Gasteiger partial charge in [-0.3, -0.25) is 9.59 Å². The molecule has 0 saturated heterocycles. The first kappa shape index (κ1) is 15.3. The van der Waals surface area contributed by atoms with E-state index >= 15 is 0 Å². The summed E-state index contributed by atoms with van der Waals surface area (Å²) in [7, 11) is 0. The summed E-state index contributed by atoms with van der Waals surface area (Å²) in [4.78, 5) is 35.2. The van der Waals surface area contributed by atoms with Crippen LogP contribution in [0.3, 0.4) is 0 Å². The van der Waals surface area contributed by atoms with E-state index in [9.17, 15) is 19.5 Å². The van der Waals surface area contributed by atoms with Gasteiger partial charge in [-0.2, -0.15) is 5.11 Å². The summed E-state index contributed by atoms with van der Waals surface area (Å²) in [5.74, 6) is -3.14. The average molecular weight is 322 g/mol. The third-order valence-corrected chi connectivity index (χ3v) is 3.45. The Morgan fingerprint density at radius 1 is 0.833 bits per heavy atom. The van der Waals surface area contributed by atoms with Gasteiger partial charge in [-0.15, -0.1) is 5.11 Å². The number of azo groups is 1. The SMILES string of the molecule is O=C(O)c1ccc(N=NC2=C(O)C(=O)c3ccccc3C2=O)cc1. The standard InChI is InChI=1S/C17H10N2O5/c20-14-11-3-1-2-4-12(11)15(21)16(22)13(14)19-18-10-7-5-9(6-8-10)17(23)24/h1-8,22H,(H,23,24). The van der Waals surface area contributed by atoms with E-state index in [0.717, 1.165) is 0 Å². The predicted octanol–water partition coefficient (Wildman–Crippen LogP) is 3.32. The Labute approximate surface area is 135 Å². The maximum atomic E-state index is 12.3. The van der Waals surface area contributed by atoms with Gasteiger partial charge < -0.3 is 10.2 Å². The lowest BCUT2D eigenvalue weighted by atomic mass is 9.92. The van der Waals surface area contributed by atoms with Crippen LogP contribution in [0.4, 0.5) is 5.69 Å². The first-order chi connectivity index (χ1) is 11.5. The number of rotatable bonds is 3. The van der Waals surface area contributed by atoms with Crippen molar-refractivity contribution in [3.63, 3.8) is 0 Å². The molecule has 2 aromatic carbocycles. The largest absolute Gasteiger partial charge is 0.502 e. The molecule has 0 spiro atoms. The summed E-state index contributed by atoms with van der Waals surface area (Å²) in [5.41, 5.74) is 0.175. The number of carboxylic acid groups (broad SMARTS) is 1. The van der Waals surface area contributed by atoms with Crippen molar-refractivity contribution in [2.45, 2.75) is 0 Å². The van der Waals surface area contributed by atoms with Crippen LogP contribution in [0, 0.1) is 0 Å². The molecular formula is C17H10N2O5. The van der Waals surface area contributed by atoms with Gasteiger partial charge in [0.15, 0.2) is 11.5 Å². The Kier molecular flexibility index (Phi) is 3.75. The molecule has 7 heteroatoms. The van der Waals surface area contributed by atoms with Crippen molar-refractivity contribution in [2.24, 2.45) is 10.2 Å². The Bertz CT molecular complexity index is 926. The van der Waals surface area contributed by atoms with Crippen LogP contribution in [0.15, 0.2) is 70.2 Å². The number of carbonyl (C=O) groups is 3. The summed E-state index contributed by atoms with van der Waals surface area (Å²) in [5, 5.41) is 26.2. The molecule has 0 bridgehead atoms. The van der Waals surface area contributed by atoms with E-state index in [2.05, 4.69) is 10.2 Å². The van der Waals surface area contributed by atoms with Crippen molar-refractivity contribution in [1.82, 2.24) is 0 Å². The zero-order valence-electron chi connectivity index (χ0n) is 12.1. The number of nitrogens with zero attached hydrogens (tertiary/aromatic N) is 2. The maximum Gasteiger partial charge on any atom is 0.335 e. The Hall–Kier alpha value is -3.61. The fourth-order valence-electron chi connectivity index (χ4n) is 2.22. The summed E-state index contributed by atoms with van der Waals surface area (Å²) >= 11 is 0. The van der Waals surface area contributed by atoms with Crippen molar-refractivity contribution in [3.05, 3.63) is 76.7 Å². The van der Waals surface area contributed by atoms with Gasteiger partial charge >= 0.3 is 5.97 Å². The molecule has 0 fully saturated rings. The zero-order chi connectivity index (χ0) is 17.3. The van der Waals surface area contributed by atoms with Gasteiger partial charge in [0.2, 0.25) is 11.6 Å². The van der Waals surface area contributed by atoms with E-state index in [0.29, 0.717) is 0 Å². The van der Waals surface area contributed by atoms with Crippen LogP contribution in [0.2, 0.25) is 0 Å². The molecule has 3 rings (SSSR count). The van der Waals surface area contributed by atoms with Crippen LogP contribution in [-0.4, -0.2) is 27.7 Å². The smallest absolute Gasteiger partial charge is 0.335 e. The highest BCUT2D eigenvalue weighted by Crippen LogP contribution is 2.27. The van der Waals surface area contributed by atoms with E-state index in [1.54, 1.807) is 12.1 Å². The highest BCUT2D eigenvalue weighted by molar-refractivity contribution is 6.25. The zero-order valence-corrected chi connectivity index (χ0v) is 12.1. The molecule has 24 heavy (non-hydrogen) atoms. The topological polar surface area (TPSA) is 116 Å². The Balaban J connectivity index is 1.94. The van der Waals surface area contributed by atoms with Gasteiger partial charge in [-0.05, 0) is 24.3 Å². The monoisotopic (exact) mass is 322 g/mol. The molecule has 0 heterocycles. The quantitative estimate of drug-likeness (QED) is 0.841. The molecule has 0 amide bonds. The number of aliphatic hydroxyl groups excluding tert-OH is 1. The highest BCUT2D eigenvalue weighted by Gasteiger charge is 2.32. The molecule has 2 N–H and O–H groups in total. The van der Waals surface area contributed by atoms with Crippen LogP contribution in [-0.2, 0) is 0 Å². The number of carboxylic acids is 1. The second-order valence-corrected chi connectivity index (χ2v) is 4.95. The van der Waals surface area contributed by atoms with Crippen LogP contribution < -0.4 is 0 Å². The highest BCUT2D eigenvalue weighted by atomic mass is 16.4. The number of aromatic carboxylic acids is 1. The lowest BCUT2D eigenvalue weighted by Gasteiger charge is -2.13. The van der Waals surface area contributed by atoms with Crippen LogP contribution >= 0.6 is 0 Å². The van der Waals surface area contributed by atoms with Crippen molar-refractivity contribution in [1.29, 1.82) is 0 Å². The molecule has 118 valence electrons. The molecule has 7 nitrogen and oxygen atoms in total. The summed E-state index contributed by atoms with van der Waals surface area (Å²) in [6, 6.07) is 11.6. The minimum atomic E-state index is -1.08. The van der Waals surface area contributed by atoms with Gasteiger partial charge in [0.25, 0.3) is 0 Å². The van der Waals surface area contributed by atoms with Gasteiger partial charge in [0.05, 0.1) is 11.3 Å². The molecule has 0 unspecified atom stereocenters. The van der Waals surface area contributed by atoms with E-state index in [1.165, 1.54) is 36.4 Å². The van der Waals surface area contributed by atoms with Crippen molar-refractivity contribution >= 4 is 23.2 Å². The van der Waals surface area contributed by atoms with Gasteiger partial charge in [0, 0.05) is 11.1 Å². The van der Waals surface area contributed by atoms with Crippen LogP contribution in [0.25, 0.3) is 0 Å². The molecular weight excluding hydrogens is 312 g/mol. The van der Waals surface area contributed by atoms with E-state index in [-0.39, 0.29) is 22.4 Å². The van der Waals surface area contributed by atoms with Crippen molar-refractivity contribution in [3.8, 4) is 0 Å². The fourth-order valence-corrected chi connectivity index (χ4v) is 2.22. The second kappa shape index (κ2) is 5.88. The van der Waals surface area contributed by atoms with Gasteiger partial charge in [0.1, 0.15) is 0 Å². The number of allylic oxidation sites excluding steroid dienone is 2. The van der Waals surface area contributed by atoms with Crippen LogP contribution in [0.1, 0.15) is 31.1 Å². The number of hydrogen-bond donors (Lipinski definition) is 2. The number of fused-ring (bicyclic) bond motifs is 1. The van der Waals surface area contributed by atoms with E-state index in [4.69, 9.17) is 5.11 Å². The third kappa shape index (κ3) is 2.58. The summed E-state index contributed by atoms with van der Waals surface area (Å²) < 4.78 is 0. The number of hydrogen-bond acceptors (Lipinski definition) is 6. The lowest BCUT2D eigenvalue weighted by molar-refractivity contribution is 0.0696. The van der Waals surface area contributed by atoms with Crippen LogP contribution in [0.5, 0.6) is 0 Å². The molecule has 0 radical (unpaired) electrons. The number of aliphatic hydroxyl groups is 1. The van der Waals surface area contributed by atoms with Gasteiger partial charge in [-0.25, -0.2) is 4.79 Å². The molecule has 1 aliphatic rings. The van der Waals surface area contributed by atoms with E-state index < -0.39 is 29.0 Å². The normalized spacial score (nSPS) is 14.2. The molecule has 0 aromatic heterocycles. The van der Waals surface area contributed by atoms with Crippen molar-refractivity contribution in [2.75, 3.05) is 0 Å². The molecule has 1 aliphatic carbocycles. The number of ketones is 2. The number of benzene rings is 2. The third-order valence-electron chi connectivity index (χ3n) is 3.45. The molecule has 2 aromatic rings. The van der Waals surface area contributed by atoms with Gasteiger partial charge in [-0.1, -0.05) is 24.3 Å². The summed E-state index contributed by atoms with van der Waals surface area (Å²) in [6.07, 6.45) is 0. The first-order valence-corrected chi connectivity index (χ1v) is 6.86. The maximum absolute atomic E-state index is 12.3. The first-order valence-electron chi connectivity index (χ1n) is 6.86. The number of Topliss-reactive ketones (excluding diaryl/α,β-unsaturated/α-hetero) is 2. The second-order valence-electron chi connectivity index (χ2n) is 4.95. The predicted molar refractivity (Wildman–Crippen MR) is 82.7 cm³/mol. The Morgan fingerprint density at radius 2 is 1.42 bits per heavy atom. The molecule has 0 aliphatic heterocycles. The average Bonchev–Trinajstić information content (AvgIpc) is 2.60. The molecule has 0 atom stereocenters. The minimum absolute atomic E-state index is 0.0776. The fraction of sp³-hybridized carbons (Fsp3) is 0. The minimum Gasteiger partial charge on any atom is -0.502 e. The summed E-state index contributed by atoms with van der Waals surface area (Å²) in [6.45, 7) is 0. The van der Waals surface area contributed by atoms with E-state index in [1.807, 2.05) is 0 Å².